The number of rotatable bonds is 38. The third-order valence-corrected chi connectivity index (χ3v) is 9.71. The normalized spacial score (nSPS) is 14.0. The van der Waals surface area contributed by atoms with E-state index in [9.17, 15) is 19.8 Å². The molecule has 6 nitrogen and oxygen atoms in total. The molecule has 306 valence electrons. The van der Waals surface area contributed by atoms with Crippen LogP contribution in [0.15, 0.2) is 60.8 Å². The lowest BCUT2D eigenvalue weighted by Crippen LogP contribution is -2.46. The number of nitrogens with one attached hydrogen (secondary N) is 1. The Morgan fingerprint density at radius 1 is 0.547 bits per heavy atom. The lowest BCUT2D eigenvalue weighted by atomic mass is 10.0. The van der Waals surface area contributed by atoms with Crippen molar-refractivity contribution < 1.29 is 24.5 Å². The molecule has 53 heavy (non-hydrogen) atoms. The fourth-order valence-corrected chi connectivity index (χ4v) is 6.34. The van der Waals surface area contributed by atoms with Crippen LogP contribution in [0.3, 0.4) is 0 Å². The fourth-order valence-electron chi connectivity index (χ4n) is 6.34. The molecule has 0 aliphatic carbocycles. The molecule has 0 aliphatic rings. The zero-order chi connectivity index (χ0) is 38.9. The number of allylic oxidation sites excluding steroid dienone is 10. The summed E-state index contributed by atoms with van der Waals surface area (Å²) in [5.74, 6) is -0.523. The van der Waals surface area contributed by atoms with E-state index in [4.69, 9.17) is 4.74 Å². The minimum Gasteiger partial charge on any atom is -0.462 e. The van der Waals surface area contributed by atoms with Gasteiger partial charge in [-0.05, 0) is 44.9 Å². The van der Waals surface area contributed by atoms with Gasteiger partial charge in [-0.1, -0.05) is 204 Å². The zero-order valence-corrected chi connectivity index (χ0v) is 34.6. The van der Waals surface area contributed by atoms with E-state index in [2.05, 4.69) is 50.4 Å². The summed E-state index contributed by atoms with van der Waals surface area (Å²) in [4.78, 5) is 25.9. The first-order valence-corrected chi connectivity index (χ1v) is 22.1. The molecule has 1 amide bonds. The van der Waals surface area contributed by atoms with Crippen molar-refractivity contribution in [1.29, 1.82) is 0 Å². The highest BCUT2D eigenvalue weighted by Gasteiger charge is 2.24. The Labute approximate surface area is 327 Å². The summed E-state index contributed by atoms with van der Waals surface area (Å²) in [6.45, 7) is 6.32. The third-order valence-electron chi connectivity index (χ3n) is 9.71. The number of ether oxygens (including phenoxy) is 1. The van der Waals surface area contributed by atoms with Crippen LogP contribution in [-0.2, 0) is 14.3 Å². The molecular formula is C47H83NO5. The van der Waals surface area contributed by atoms with Gasteiger partial charge in [0, 0.05) is 6.42 Å². The van der Waals surface area contributed by atoms with Crippen molar-refractivity contribution in [2.24, 2.45) is 0 Å². The number of unbranched alkanes of at least 4 members (excludes halogenated alkanes) is 20. The van der Waals surface area contributed by atoms with E-state index < -0.39 is 18.2 Å². The molecule has 0 rings (SSSR count). The summed E-state index contributed by atoms with van der Waals surface area (Å²) >= 11 is 0. The van der Waals surface area contributed by atoms with Gasteiger partial charge in [0.15, 0.2) is 0 Å². The predicted octanol–water partition coefficient (Wildman–Crippen LogP) is 12.5. The summed E-state index contributed by atoms with van der Waals surface area (Å²) in [5.41, 5.74) is 0. The minimum absolute atomic E-state index is 0.0488. The van der Waals surface area contributed by atoms with Gasteiger partial charge in [0.2, 0.25) is 5.91 Å². The van der Waals surface area contributed by atoms with E-state index in [0.29, 0.717) is 19.3 Å². The van der Waals surface area contributed by atoms with Crippen LogP contribution >= 0.6 is 0 Å². The highest BCUT2D eigenvalue weighted by atomic mass is 16.5. The topological polar surface area (TPSA) is 95.9 Å². The molecule has 3 atom stereocenters. The van der Waals surface area contributed by atoms with Crippen LogP contribution in [0.4, 0.5) is 0 Å². The molecule has 0 aromatic carbocycles. The molecule has 0 saturated heterocycles. The Bertz CT molecular complexity index is 968. The molecule has 0 aliphatic heterocycles. The first kappa shape index (κ1) is 50.6. The highest BCUT2D eigenvalue weighted by molar-refractivity contribution is 5.77. The van der Waals surface area contributed by atoms with Gasteiger partial charge in [0.05, 0.1) is 25.2 Å². The third kappa shape index (κ3) is 36.3. The van der Waals surface area contributed by atoms with Crippen LogP contribution in [0, 0.1) is 0 Å². The van der Waals surface area contributed by atoms with Crippen LogP contribution in [0.1, 0.15) is 201 Å². The number of amides is 1. The lowest BCUT2D eigenvalue weighted by Gasteiger charge is -2.24. The summed E-state index contributed by atoms with van der Waals surface area (Å²) in [5, 5.41) is 23.5. The summed E-state index contributed by atoms with van der Waals surface area (Å²) in [7, 11) is 0. The van der Waals surface area contributed by atoms with Crippen LogP contribution in [0.25, 0.3) is 0 Å². The predicted molar refractivity (Wildman–Crippen MR) is 227 cm³/mol. The monoisotopic (exact) mass is 742 g/mol. The molecule has 0 saturated carbocycles. The average Bonchev–Trinajstić information content (AvgIpc) is 3.15. The number of hydrogen-bond acceptors (Lipinski definition) is 5. The van der Waals surface area contributed by atoms with Crippen molar-refractivity contribution in [3.8, 4) is 0 Å². The van der Waals surface area contributed by atoms with Crippen molar-refractivity contribution in [1.82, 2.24) is 5.32 Å². The van der Waals surface area contributed by atoms with Crippen molar-refractivity contribution in [2.75, 3.05) is 6.61 Å². The molecule has 3 N–H and O–H groups in total. The Morgan fingerprint density at radius 3 is 1.53 bits per heavy atom. The Morgan fingerprint density at radius 2 is 1.00 bits per heavy atom. The van der Waals surface area contributed by atoms with Gasteiger partial charge in [0.1, 0.15) is 6.10 Å². The first-order valence-electron chi connectivity index (χ1n) is 22.1. The van der Waals surface area contributed by atoms with E-state index >= 15 is 0 Å². The maximum absolute atomic E-state index is 13.1. The van der Waals surface area contributed by atoms with Gasteiger partial charge in [-0.15, -0.1) is 0 Å². The number of hydrogen-bond donors (Lipinski definition) is 3. The van der Waals surface area contributed by atoms with Crippen molar-refractivity contribution in [3.63, 3.8) is 0 Å². The van der Waals surface area contributed by atoms with Gasteiger partial charge >= 0.3 is 5.97 Å². The molecule has 0 heterocycles. The molecular weight excluding hydrogens is 659 g/mol. The number of carbonyl (C=O) groups excluding carboxylic acids is 2. The van der Waals surface area contributed by atoms with Crippen molar-refractivity contribution in [2.45, 2.75) is 219 Å². The molecule has 0 aromatic heterocycles. The summed E-state index contributed by atoms with van der Waals surface area (Å²) < 4.78 is 5.86. The van der Waals surface area contributed by atoms with Gasteiger partial charge in [-0.25, -0.2) is 0 Å². The first-order chi connectivity index (χ1) is 26.0. The molecule has 0 fully saturated rings. The summed E-state index contributed by atoms with van der Waals surface area (Å²) in [6.07, 6.45) is 48.5. The lowest BCUT2D eigenvalue weighted by molar-refractivity contribution is -0.151. The highest BCUT2D eigenvalue weighted by Crippen LogP contribution is 2.17. The van der Waals surface area contributed by atoms with Gasteiger partial charge in [-0.3, -0.25) is 9.59 Å². The Hall–Kier alpha value is -2.44. The van der Waals surface area contributed by atoms with E-state index in [1.165, 1.54) is 83.5 Å². The molecule has 0 bridgehead atoms. The quantitative estimate of drug-likeness (QED) is 0.0333. The van der Waals surface area contributed by atoms with E-state index in [1.807, 2.05) is 36.5 Å². The van der Waals surface area contributed by atoms with Gasteiger partial charge < -0.3 is 20.3 Å². The maximum Gasteiger partial charge on any atom is 0.306 e. The average molecular weight is 742 g/mol. The SMILES string of the molecule is CCC/C=C/C=C/C=C/C=C/C=C/CCCCCC(CC(=O)NC(CO)C(O)CCCCCCCCCCC)OC(=O)CCCCCCCCCCC. The molecule has 0 radical (unpaired) electrons. The van der Waals surface area contributed by atoms with E-state index in [1.54, 1.807) is 0 Å². The molecule has 0 spiro atoms. The van der Waals surface area contributed by atoms with Crippen LogP contribution in [0.2, 0.25) is 0 Å². The number of aliphatic hydroxyl groups is 2. The van der Waals surface area contributed by atoms with Crippen molar-refractivity contribution in [3.05, 3.63) is 60.8 Å². The van der Waals surface area contributed by atoms with Gasteiger partial charge in [-0.2, -0.15) is 0 Å². The van der Waals surface area contributed by atoms with Crippen molar-refractivity contribution >= 4 is 11.9 Å². The van der Waals surface area contributed by atoms with Crippen LogP contribution < -0.4 is 5.32 Å². The van der Waals surface area contributed by atoms with Crippen LogP contribution in [-0.4, -0.2) is 46.9 Å². The second-order valence-electron chi connectivity index (χ2n) is 14.9. The zero-order valence-electron chi connectivity index (χ0n) is 34.6. The second kappa shape index (κ2) is 40.7. The number of aliphatic hydroxyl groups excluding tert-OH is 2. The molecule has 0 aromatic rings. The molecule has 6 heteroatoms. The standard InChI is InChI=1S/C47H83NO5/c1-4-7-10-13-16-19-20-21-22-23-24-25-28-29-32-35-38-43(53-47(52)40-37-34-31-27-18-15-12-9-6-3)41-46(51)48-44(42-49)45(50)39-36-33-30-26-17-14-11-8-5-2/h10,13,16,19-25,43-45,49-50H,4-9,11-12,14-15,17-18,26-42H2,1-3H3,(H,48,51)/b13-10+,19-16+,21-20+,23-22+,25-24+. The summed E-state index contributed by atoms with van der Waals surface area (Å²) in [6, 6.07) is -0.713. The maximum atomic E-state index is 13.1. The Kier molecular flexibility index (Phi) is 38.9. The van der Waals surface area contributed by atoms with E-state index in [-0.39, 0.29) is 24.9 Å². The number of esters is 1. The minimum atomic E-state index is -0.797. The molecule has 3 unspecified atom stereocenters. The Balaban J connectivity index is 4.72. The number of carbonyl (C=O) groups is 2. The smallest absolute Gasteiger partial charge is 0.306 e. The largest absolute Gasteiger partial charge is 0.462 e. The van der Waals surface area contributed by atoms with Crippen LogP contribution in [0.5, 0.6) is 0 Å². The second-order valence-corrected chi connectivity index (χ2v) is 14.9. The fraction of sp³-hybridized carbons (Fsp3) is 0.745. The van der Waals surface area contributed by atoms with E-state index in [0.717, 1.165) is 70.6 Å². The van der Waals surface area contributed by atoms with Gasteiger partial charge in [0.25, 0.3) is 0 Å².